The zero-order chi connectivity index (χ0) is 5.98. The van der Waals surface area contributed by atoms with Crippen LogP contribution >= 0.6 is 24.2 Å². The number of hydrogen-bond donors (Lipinski definition) is 2. The van der Waals surface area contributed by atoms with Crippen molar-refractivity contribution in [3.05, 3.63) is 22.2 Å². The van der Waals surface area contributed by atoms with E-state index in [2.05, 4.69) is 17.9 Å². The van der Waals surface area contributed by atoms with Gasteiger partial charge in [-0.05, 0) is 12.3 Å². The molecule has 0 aromatic heterocycles. The van der Waals surface area contributed by atoms with Gasteiger partial charge in [0, 0.05) is 11.4 Å². The van der Waals surface area contributed by atoms with E-state index in [1.54, 1.807) is 6.08 Å². The van der Waals surface area contributed by atoms with Crippen molar-refractivity contribution in [3.8, 4) is 0 Å². The molecule has 0 unspecified atom stereocenters. The monoisotopic (exact) mass is 147 g/mol. The van der Waals surface area contributed by atoms with E-state index < -0.39 is 0 Å². The fourth-order valence-electron chi connectivity index (χ4n) is 0.468. The summed E-state index contributed by atoms with van der Waals surface area (Å²) >= 11 is 9.73. The van der Waals surface area contributed by atoms with Gasteiger partial charge in [0.2, 0.25) is 0 Å². The van der Waals surface area contributed by atoms with Gasteiger partial charge in [0.05, 0.1) is 5.03 Å². The smallest absolute Gasteiger partial charge is 0.0530 e. The number of nitrogens with one attached hydrogen (secondary N) is 1. The van der Waals surface area contributed by atoms with E-state index in [4.69, 9.17) is 11.6 Å². The zero-order valence-corrected chi connectivity index (χ0v) is 5.84. The van der Waals surface area contributed by atoms with Crippen molar-refractivity contribution in [1.82, 2.24) is 5.32 Å². The summed E-state index contributed by atoms with van der Waals surface area (Å²) in [5.74, 6) is 0. The molecule has 0 radical (unpaired) electrons. The molecule has 0 atom stereocenters. The summed E-state index contributed by atoms with van der Waals surface area (Å²) in [6.45, 7) is 0.748. The lowest BCUT2D eigenvalue weighted by Gasteiger charge is -2.06. The highest BCUT2D eigenvalue weighted by molar-refractivity contribution is 7.84. The third-order valence-electron chi connectivity index (χ3n) is 0.893. The maximum Gasteiger partial charge on any atom is 0.0530 e. The van der Waals surface area contributed by atoms with Crippen LogP contribution in [0.5, 0.6) is 0 Å². The van der Waals surface area contributed by atoms with E-state index >= 15 is 0 Å². The SMILES string of the molecule is SC1=C(Cl)C=CNC1. The number of dihydropyridines is 1. The number of thiol groups is 1. The Kier molecular flexibility index (Phi) is 1.86. The standard InChI is InChI=1S/C5H6ClNS/c6-4-1-2-7-3-5(4)8/h1-2,7-8H,3H2. The molecule has 1 aliphatic heterocycles. The Hall–Kier alpha value is -0.0800. The molecule has 0 saturated carbocycles. The lowest BCUT2D eigenvalue weighted by atomic mass is 10.4. The summed E-state index contributed by atoms with van der Waals surface area (Å²) in [6.07, 6.45) is 3.59. The van der Waals surface area contributed by atoms with Crippen LogP contribution in [0.4, 0.5) is 0 Å². The van der Waals surface area contributed by atoms with Crippen molar-refractivity contribution in [2.24, 2.45) is 0 Å². The quantitative estimate of drug-likeness (QED) is 0.495. The summed E-state index contributed by atoms with van der Waals surface area (Å²) in [5, 5.41) is 3.69. The first-order chi connectivity index (χ1) is 3.80. The Morgan fingerprint density at radius 1 is 1.75 bits per heavy atom. The Balaban J connectivity index is 2.76. The first-order valence-electron chi connectivity index (χ1n) is 2.28. The summed E-state index contributed by atoms with van der Waals surface area (Å²) < 4.78 is 0. The van der Waals surface area contributed by atoms with Gasteiger partial charge in [-0.15, -0.1) is 12.6 Å². The Morgan fingerprint density at radius 3 is 2.88 bits per heavy atom. The molecule has 1 N–H and O–H groups in total. The van der Waals surface area contributed by atoms with Gasteiger partial charge >= 0.3 is 0 Å². The molecular formula is C5H6ClNS. The molecule has 0 saturated heterocycles. The minimum Gasteiger partial charge on any atom is -0.386 e. The van der Waals surface area contributed by atoms with Gasteiger partial charge in [-0.2, -0.15) is 0 Å². The highest BCUT2D eigenvalue weighted by atomic mass is 35.5. The second-order valence-corrected chi connectivity index (χ2v) is 2.46. The fourth-order valence-corrected chi connectivity index (χ4v) is 0.764. The number of halogens is 1. The lowest BCUT2D eigenvalue weighted by molar-refractivity contribution is 0.959. The highest BCUT2D eigenvalue weighted by Gasteiger charge is 1.98. The Labute approximate surface area is 58.8 Å². The Bertz CT molecular complexity index is 151. The third-order valence-corrected chi connectivity index (χ3v) is 1.78. The van der Waals surface area contributed by atoms with Crippen molar-refractivity contribution < 1.29 is 0 Å². The molecule has 1 heterocycles. The average Bonchev–Trinajstić information content (AvgIpc) is 1.77. The van der Waals surface area contributed by atoms with E-state index in [0.717, 1.165) is 16.5 Å². The molecule has 0 amide bonds. The molecule has 0 aromatic carbocycles. The average molecular weight is 148 g/mol. The number of rotatable bonds is 0. The van der Waals surface area contributed by atoms with Gasteiger partial charge in [-0.25, -0.2) is 0 Å². The van der Waals surface area contributed by atoms with Gasteiger partial charge in [0.1, 0.15) is 0 Å². The maximum atomic E-state index is 5.64. The molecule has 0 fully saturated rings. The molecule has 3 heteroatoms. The first kappa shape index (κ1) is 6.05. The summed E-state index contributed by atoms with van der Waals surface area (Å²) in [6, 6.07) is 0. The second kappa shape index (κ2) is 2.46. The van der Waals surface area contributed by atoms with Crippen LogP contribution in [0.3, 0.4) is 0 Å². The first-order valence-corrected chi connectivity index (χ1v) is 3.11. The minimum absolute atomic E-state index is 0.729. The molecule has 8 heavy (non-hydrogen) atoms. The van der Waals surface area contributed by atoms with Crippen LogP contribution in [0.2, 0.25) is 0 Å². The van der Waals surface area contributed by atoms with Crippen molar-refractivity contribution >= 4 is 24.2 Å². The van der Waals surface area contributed by atoms with E-state index in [1.165, 1.54) is 0 Å². The summed E-state index contributed by atoms with van der Waals surface area (Å²) in [7, 11) is 0. The van der Waals surface area contributed by atoms with Crippen molar-refractivity contribution in [2.75, 3.05) is 6.54 Å². The maximum absolute atomic E-state index is 5.64. The van der Waals surface area contributed by atoms with Gasteiger partial charge in [-0.3, -0.25) is 0 Å². The molecule has 1 aliphatic rings. The summed E-state index contributed by atoms with van der Waals surface area (Å²) in [5.41, 5.74) is 0. The van der Waals surface area contributed by atoms with Gasteiger partial charge in [0.15, 0.2) is 0 Å². The molecule has 0 aromatic rings. The molecular weight excluding hydrogens is 142 g/mol. The molecule has 0 bridgehead atoms. The van der Waals surface area contributed by atoms with Crippen LogP contribution in [-0.4, -0.2) is 6.54 Å². The predicted molar refractivity (Wildman–Crippen MR) is 39.0 cm³/mol. The second-order valence-electron chi connectivity index (χ2n) is 1.51. The van der Waals surface area contributed by atoms with Gasteiger partial charge in [-0.1, -0.05) is 11.6 Å². The summed E-state index contributed by atoms with van der Waals surface area (Å²) in [4.78, 5) is 0.897. The molecule has 1 rings (SSSR count). The van der Waals surface area contributed by atoms with Crippen molar-refractivity contribution in [2.45, 2.75) is 0 Å². The van der Waals surface area contributed by atoms with Crippen LogP contribution in [0.1, 0.15) is 0 Å². The van der Waals surface area contributed by atoms with E-state index in [0.29, 0.717) is 0 Å². The van der Waals surface area contributed by atoms with Gasteiger partial charge < -0.3 is 5.32 Å². The van der Waals surface area contributed by atoms with Crippen molar-refractivity contribution in [3.63, 3.8) is 0 Å². The fraction of sp³-hybridized carbons (Fsp3) is 0.200. The largest absolute Gasteiger partial charge is 0.386 e. The van der Waals surface area contributed by atoms with Crippen LogP contribution in [0.15, 0.2) is 22.2 Å². The normalized spacial score (nSPS) is 18.8. The van der Waals surface area contributed by atoms with E-state index in [9.17, 15) is 0 Å². The Morgan fingerprint density at radius 2 is 2.50 bits per heavy atom. The molecule has 1 nitrogen and oxygen atoms in total. The van der Waals surface area contributed by atoms with Gasteiger partial charge in [0.25, 0.3) is 0 Å². The molecule has 0 aliphatic carbocycles. The number of allylic oxidation sites excluding steroid dienone is 2. The lowest BCUT2D eigenvalue weighted by Crippen LogP contribution is -2.10. The van der Waals surface area contributed by atoms with E-state index in [-0.39, 0.29) is 0 Å². The van der Waals surface area contributed by atoms with Crippen molar-refractivity contribution in [1.29, 1.82) is 0 Å². The molecule has 0 spiro atoms. The predicted octanol–water partition coefficient (Wildman–Crippen LogP) is 1.48. The highest BCUT2D eigenvalue weighted by Crippen LogP contribution is 2.15. The van der Waals surface area contributed by atoms with E-state index in [1.807, 2.05) is 6.20 Å². The van der Waals surface area contributed by atoms with Crippen LogP contribution in [-0.2, 0) is 0 Å². The molecule has 44 valence electrons. The van der Waals surface area contributed by atoms with Crippen LogP contribution in [0, 0.1) is 0 Å². The topological polar surface area (TPSA) is 12.0 Å². The zero-order valence-electron chi connectivity index (χ0n) is 4.19. The number of hydrogen-bond acceptors (Lipinski definition) is 2. The minimum atomic E-state index is 0.729. The van der Waals surface area contributed by atoms with Crippen LogP contribution < -0.4 is 5.32 Å². The van der Waals surface area contributed by atoms with Crippen LogP contribution in [0.25, 0.3) is 0 Å². The third kappa shape index (κ3) is 1.20.